The Labute approximate surface area is 152 Å². The van der Waals surface area contributed by atoms with Crippen molar-refractivity contribution in [3.63, 3.8) is 0 Å². The predicted molar refractivity (Wildman–Crippen MR) is 100 cm³/mol. The minimum absolute atomic E-state index is 0.228. The number of fused-ring (bicyclic) bond motifs is 1. The summed E-state index contributed by atoms with van der Waals surface area (Å²) < 4.78 is 5.62. The number of furan rings is 1. The Hall–Kier alpha value is -3.10. The highest BCUT2D eigenvalue weighted by Crippen LogP contribution is 2.38. The molecule has 4 rings (SSSR count). The highest BCUT2D eigenvalue weighted by Gasteiger charge is 2.30. The molecule has 2 aromatic heterocycles. The zero-order valence-electron chi connectivity index (χ0n) is 14.6. The van der Waals surface area contributed by atoms with Crippen molar-refractivity contribution >= 4 is 5.82 Å². The van der Waals surface area contributed by atoms with Crippen molar-refractivity contribution in [3.05, 3.63) is 71.1 Å². The molecule has 5 heteroatoms. The van der Waals surface area contributed by atoms with E-state index in [4.69, 9.17) is 10.2 Å². The summed E-state index contributed by atoms with van der Waals surface area (Å²) in [7, 11) is 0. The van der Waals surface area contributed by atoms with Crippen LogP contribution in [0, 0.1) is 11.3 Å². The van der Waals surface area contributed by atoms with E-state index in [1.54, 1.807) is 6.26 Å². The molecule has 0 spiro atoms. The summed E-state index contributed by atoms with van der Waals surface area (Å²) in [6.45, 7) is 4.62. The molecule has 5 nitrogen and oxygen atoms in total. The van der Waals surface area contributed by atoms with Crippen LogP contribution in [0.1, 0.15) is 35.2 Å². The molecule has 1 atom stereocenters. The number of nitriles is 1. The first-order valence-corrected chi connectivity index (χ1v) is 8.70. The van der Waals surface area contributed by atoms with Crippen LogP contribution in [0.5, 0.6) is 0 Å². The van der Waals surface area contributed by atoms with Crippen LogP contribution < -0.4 is 5.73 Å². The maximum absolute atomic E-state index is 9.64. The molecule has 1 aliphatic heterocycles. The Morgan fingerprint density at radius 2 is 2.08 bits per heavy atom. The summed E-state index contributed by atoms with van der Waals surface area (Å²) in [5.74, 6) is 1.17. The summed E-state index contributed by atoms with van der Waals surface area (Å²) in [5.41, 5.74) is 10.6. The first kappa shape index (κ1) is 16.4. The van der Waals surface area contributed by atoms with Gasteiger partial charge in [0, 0.05) is 36.7 Å². The topological polar surface area (TPSA) is 79.1 Å². The van der Waals surface area contributed by atoms with E-state index in [2.05, 4.69) is 47.1 Å². The molecule has 1 aliphatic rings. The highest BCUT2D eigenvalue weighted by molar-refractivity contribution is 5.76. The minimum Gasteiger partial charge on any atom is -0.464 e. The van der Waals surface area contributed by atoms with E-state index < -0.39 is 0 Å². The molecule has 26 heavy (non-hydrogen) atoms. The van der Waals surface area contributed by atoms with Crippen LogP contribution in [-0.4, -0.2) is 16.4 Å². The smallest absolute Gasteiger partial charge is 0.142 e. The van der Waals surface area contributed by atoms with E-state index in [0.29, 0.717) is 17.9 Å². The number of rotatable bonds is 3. The van der Waals surface area contributed by atoms with Gasteiger partial charge in [-0.3, -0.25) is 4.90 Å². The van der Waals surface area contributed by atoms with Gasteiger partial charge in [-0.25, -0.2) is 4.98 Å². The second kappa shape index (κ2) is 6.66. The number of nitrogens with zero attached hydrogens (tertiary/aromatic N) is 3. The van der Waals surface area contributed by atoms with Gasteiger partial charge in [-0.1, -0.05) is 37.3 Å². The van der Waals surface area contributed by atoms with Crippen LogP contribution in [0.25, 0.3) is 11.3 Å². The molecule has 0 amide bonds. The second-order valence-electron chi connectivity index (χ2n) is 6.76. The Kier molecular flexibility index (Phi) is 4.19. The largest absolute Gasteiger partial charge is 0.464 e. The summed E-state index contributed by atoms with van der Waals surface area (Å²) >= 11 is 0. The van der Waals surface area contributed by atoms with E-state index in [9.17, 15) is 5.26 Å². The number of nitrogens with two attached hydrogens (primary N) is 1. The SMILES string of the molecule is CC1CN(Cc2ccccc2)Cc2c1nc(N)c(C#N)c2-c1ccco1. The van der Waals surface area contributed by atoms with Gasteiger partial charge in [0.05, 0.1) is 12.0 Å². The molecule has 3 aromatic rings. The first-order chi connectivity index (χ1) is 12.7. The van der Waals surface area contributed by atoms with Gasteiger partial charge in [-0.05, 0) is 17.7 Å². The molecule has 0 fully saturated rings. The van der Waals surface area contributed by atoms with Gasteiger partial charge in [0.25, 0.3) is 0 Å². The number of hydrogen-bond acceptors (Lipinski definition) is 5. The molecule has 2 N–H and O–H groups in total. The van der Waals surface area contributed by atoms with Gasteiger partial charge in [0.15, 0.2) is 0 Å². The maximum atomic E-state index is 9.64. The number of pyridine rings is 1. The van der Waals surface area contributed by atoms with Gasteiger partial charge in [-0.2, -0.15) is 5.26 Å². The van der Waals surface area contributed by atoms with E-state index in [1.807, 2.05) is 18.2 Å². The lowest BCUT2D eigenvalue weighted by molar-refractivity contribution is 0.224. The fourth-order valence-electron chi connectivity index (χ4n) is 3.76. The zero-order valence-corrected chi connectivity index (χ0v) is 14.6. The monoisotopic (exact) mass is 344 g/mol. The number of anilines is 1. The zero-order chi connectivity index (χ0) is 18.1. The molecule has 0 saturated heterocycles. The minimum atomic E-state index is 0.228. The molecular weight excluding hydrogens is 324 g/mol. The van der Waals surface area contributed by atoms with E-state index in [0.717, 1.165) is 29.9 Å². The number of nitrogen functional groups attached to an aromatic ring is 1. The molecule has 0 saturated carbocycles. The molecular formula is C21H20N4O. The fraction of sp³-hybridized carbons (Fsp3) is 0.238. The molecule has 0 radical (unpaired) electrons. The van der Waals surface area contributed by atoms with Gasteiger partial charge in [0.1, 0.15) is 23.2 Å². The van der Waals surface area contributed by atoms with E-state index >= 15 is 0 Å². The molecule has 1 aromatic carbocycles. The average Bonchev–Trinajstić information content (AvgIpc) is 3.16. The van der Waals surface area contributed by atoms with Crippen molar-refractivity contribution in [2.75, 3.05) is 12.3 Å². The van der Waals surface area contributed by atoms with Gasteiger partial charge < -0.3 is 10.2 Å². The van der Waals surface area contributed by atoms with Crippen molar-refractivity contribution in [2.24, 2.45) is 0 Å². The van der Waals surface area contributed by atoms with Gasteiger partial charge in [-0.15, -0.1) is 0 Å². The Bertz CT molecular complexity index is 958. The second-order valence-corrected chi connectivity index (χ2v) is 6.76. The summed E-state index contributed by atoms with van der Waals surface area (Å²) in [6.07, 6.45) is 1.62. The fourth-order valence-corrected chi connectivity index (χ4v) is 3.76. The lowest BCUT2D eigenvalue weighted by Crippen LogP contribution is -2.33. The van der Waals surface area contributed by atoms with Crippen molar-refractivity contribution in [1.82, 2.24) is 9.88 Å². The van der Waals surface area contributed by atoms with Crippen LogP contribution in [0.2, 0.25) is 0 Å². The van der Waals surface area contributed by atoms with Crippen LogP contribution in [0.15, 0.2) is 53.1 Å². The van der Waals surface area contributed by atoms with Crippen molar-refractivity contribution in [3.8, 4) is 17.4 Å². The van der Waals surface area contributed by atoms with Crippen molar-refractivity contribution < 1.29 is 4.42 Å². The molecule has 3 heterocycles. The van der Waals surface area contributed by atoms with Gasteiger partial charge in [0.2, 0.25) is 0 Å². The van der Waals surface area contributed by atoms with E-state index in [1.165, 1.54) is 5.56 Å². The third-order valence-corrected chi connectivity index (χ3v) is 4.87. The summed E-state index contributed by atoms with van der Waals surface area (Å²) in [4.78, 5) is 6.95. The normalized spacial score (nSPS) is 16.8. The molecule has 1 unspecified atom stereocenters. The molecule has 130 valence electrons. The molecule has 0 bridgehead atoms. The van der Waals surface area contributed by atoms with Crippen LogP contribution in [-0.2, 0) is 13.1 Å². The predicted octanol–water partition coefficient (Wildman–Crippen LogP) is 3.91. The van der Waals surface area contributed by atoms with Crippen molar-refractivity contribution in [2.45, 2.75) is 25.9 Å². The number of aromatic nitrogens is 1. The third-order valence-electron chi connectivity index (χ3n) is 4.87. The average molecular weight is 344 g/mol. The lowest BCUT2D eigenvalue weighted by Gasteiger charge is -2.34. The maximum Gasteiger partial charge on any atom is 0.142 e. The standard InChI is InChI=1S/C21H20N4O/c1-14-11-25(12-15-6-3-2-4-7-15)13-17-19(18-8-5-9-26-18)16(10-22)21(23)24-20(14)17/h2-9,14H,11-13H2,1H3,(H2,23,24). The van der Waals surface area contributed by atoms with E-state index in [-0.39, 0.29) is 11.7 Å². The highest BCUT2D eigenvalue weighted by atomic mass is 16.3. The quantitative estimate of drug-likeness (QED) is 0.779. The van der Waals surface area contributed by atoms with Crippen LogP contribution in [0.3, 0.4) is 0 Å². The summed E-state index contributed by atoms with van der Waals surface area (Å²) in [6, 6.07) is 16.3. The Balaban J connectivity index is 1.79. The summed E-state index contributed by atoms with van der Waals surface area (Å²) in [5, 5.41) is 9.64. The third kappa shape index (κ3) is 2.85. The van der Waals surface area contributed by atoms with Crippen LogP contribution in [0.4, 0.5) is 5.82 Å². The molecule has 0 aliphatic carbocycles. The van der Waals surface area contributed by atoms with Crippen LogP contribution >= 0.6 is 0 Å². The van der Waals surface area contributed by atoms with Crippen molar-refractivity contribution in [1.29, 1.82) is 5.26 Å². The Morgan fingerprint density at radius 1 is 1.27 bits per heavy atom. The number of hydrogen-bond donors (Lipinski definition) is 1. The number of benzene rings is 1. The first-order valence-electron chi connectivity index (χ1n) is 8.70. The Morgan fingerprint density at radius 3 is 2.77 bits per heavy atom. The van der Waals surface area contributed by atoms with Gasteiger partial charge >= 0.3 is 0 Å². The lowest BCUT2D eigenvalue weighted by atomic mass is 9.89.